The molecule has 0 radical (unpaired) electrons. The number of hydrogen-bond donors (Lipinski definition) is 2. The Hall–Kier alpha value is -2.98. The lowest BCUT2D eigenvalue weighted by atomic mass is 10.1. The van der Waals surface area contributed by atoms with E-state index in [0.29, 0.717) is 10.8 Å². The first-order valence-corrected chi connectivity index (χ1v) is 9.17. The molecule has 0 spiro atoms. The van der Waals surface area contributed by atoms with E-state index in [0.717, 1.165) is 36.5 Å². The van der Waals surface area contributed by atoms with E-state index in [1.807, 2.05) is 23.9 Å². The SMILES string of the molecule is O=C(Nc1ccc([N+](=O)[O-])c([N+](=O)[O-])c1)c1ccc(C2CNCCS2)cc1. The summed E-state index contributed by atoms with van der Waals surface area (Å²) in [7, 11) is 0. The number of carbonyl (C=O) groups is 1. The van der Waals surface area contributed by atoms with Gasteiger partial charge in [-0.1, -0.05) is 12.1 Å². The molecule has 1 heterocycles. The molecule has 2 aromatic rings. The number of nitrogens with one attached hydrogen (secondary N) is 2. The molecule has 140 valence electrons. The minimum absolute atomic E-state index is 0.119. The molecule has 10 heteroatoms. The molecule has 1 aliphatic heterocycles. The molecule has 0 bridgehead atoms. The molecule has 3 rings (SSSR count). The van der Waals surface area contributed by atoms with Crippen LogP contribution >= 0.6 is 11.8 Å². The normalized spacial score (nSPS) is 16.5. The second kappa shape index (κ2) is 8.14. The largest absolute Gasteiger partial charge is 0.348 e. The quantitative estimate of drug-likeness (QED) is 0.595. The first-order valence-electron chi connectivity index (χ1n) is 8.12. The summed E-state index contributed by atoms with van der Waals surface area (Å²) in [6.07, 6.45) is 0. The summed E-state index contributed by atoms with van der Waals surface area (Å²) in [4.78, 5) is 32.5. The average Bonchev–Trinajstić information content (AvgIpc) is 2.68. The van der Waals surface area contributed by atoms with Crippen LogP contribution in [0.5, 0.6) is 0 Å². The van der Waals surface area contributed by atoms with Gasteiger partial charge in [-0.3, -0.25) is 25.0 Å². The summed E-state index contributed by atoms with van der Waals surface area (Å²) in [5, 5.41) is 28.1. The van der Waals surface area contributed by atoms with Crippen molar-refractivity contribution in [1.82, 2.24) is 5.32 Å². The van der Waals surface area contributed by atoms with Crippen molar-refractivity contribution in [2.75, 3.05) is 24.2 Å². The third-order valence-corrected chi connectivity index (χ3v) is 5.38. The first kappa shape index (κ1) is 18.8. The number of hydrogen-bond acceptors (Lipinski definition) is 7. The smallest absolute Gasteiger partial charge is 0.322 e. The second-order valence-electron chi connectivity index (χ2n) is 5.86. The summed E-state index contributed by atoms with van der Waals surface area (Å²) in [6, 6.07) is 10.4. The number of rotatable bonds is 5. The van der Waals surface area contributed by atoms with Gasteiger partial charge >= 0.3 is 11.4 Å². The number of carbonyl (C=O) groups excluding carboxylic acids is 1. The van der Waals surface area contributed by atoms with E-state index in [2.05, 4.69) is 10.6 Å². The fourth-order valence-corrected chi connectivity index (χ4v) is 3.87. The van der Waals surface area contributed by atoms with E-state index in [1.54, 1.807) is 12.1 Å². The minimum atomic E-state index is -0.849. The fraction of sp³-hybridized carbons (Fsp3) is 0.235. The Morgan fingerprint density at radius 3 is 2.37 bits per heavy atom. The van der Waals surface area contributed by atoms with Crippen molar-refractivity contribution in [1.29, 1.82) is 0 Å². The molecule has 2 N–H and O–H groups in total. The predicted octanol–water partition coefficient (Wildman–Crippen LogP) is 3.13. The highest BCUT2D eigenvalue weighted by molar-refractivity contribution is 7.99. The lowest BCUT2D eigenvalue weighted by Crippen LogP contribution is -2.28. The predicted molar refractivity (Wildman–Crippen MR) is 102 cm³/mol. The van der Waals surface area contributed by atoms with Crippen molar-refractivity contribution < 1.29 is 14.6 Å². The molecule has 1 amide bonds. The lowest BCUT2D eigenvalue weighted by molar-refractivity contribution is -0.422. The monoisotopic (exact) mass is 388 g/mol. The van der Waals surface area contributed by atoms with Crippen LogP contribution in [-0.2, 0) is 0 Å². The lowest BCUT2D eigenvalue weighted by Gasteiger charge is -2.22. The summed E-state index contributed by atoms with van der Waals surface area (Å²) < 4.78 is 0. The highest BCUT2D eigenvalue weighted by atomic mass is 32.2. The molecule has 0 aliphatic carbocycles. The maximum atomic E-state index is 12.4. The Morgan fingerprint density at radius 1 is 1.07 bits per heavy atom. The Bertz CT molecular complexity index is 881. The number of thioether (sulfide) groups is 1. The number of anilines is 1. The molecule has 1 fully saturated rings. The molecule has 0 aromatic heterocycles. The molecular weight excluding hydrogens is 372 g/mol. The van der Waals surface area contributed by atoms with Gasteiger partial charge in [-0.15, -0.1) is 0 Å². The van der Waals surface area contributed by atoms with Crippen molar-refractivity contribution in [2.24, 2.45) is 0 Å². The van der Waals surface area contributed by atoms with Crippen molar-refractivity contribution >= 4 is 34.7 Å². The van der Waals surface area contributed by atoms with Crippen molar-refractivity contribution in [3.05, 3.63) is 73.8 Å². The molecule has 27 heavy (non-hydrogen) atoms. The second-order valence-corrected chi connectivity index (χ2v) is 7.17. The highest BCUT2D eigenvalue weighted by Gasteiger charge is 2.24. The third-order valence-electron chi connectivity index (χ3n) is 4.10. The standard InChI is InChI=1S/C17H16N4O5S/c22-17(12-3-1-11(2-4-12)16-10-18-7-8-27-16)19-13-5-6-14(20(23)24)15(9-13)21(25)26/h1-6,9,16,18H,7-8,10H2,(H,19,22). The highest BCUT2D eigenvalue weighted by Crippen LogP contribution is 2.31. The summed E-state index contributed by atoms with van der Waals surface area (Å²) >= 11 is 1.86. The van der Waals surface area contributed by atoms with Crippen LogP contribution in [0.3, 0.4) is 0 Å². The van der Waals surface area contributed by atoms with Crippen LogP contribution in [-0.4, -0.2) is 34.6 Å². The maximum Gasteiger partial charge on any atom is 0.348 e. The molecule has 9 nitrogen and oxygen atoms in total. The van der Waals surface area contributed by atoms with Gasteiger partial charge in [-0.05, 0) is 23.8 Å². The van der Waals surface area contributed by atoms with Crippen molar-refractivity contribution in [3.8, 4) is 0 Å². The fourth-order valence-electron chi connectivity index (χ4n) is 2.73. The molecule has 1 aliphatic rings. The Morgan fingerprint density at radius 2 is 1.78 bits per heavy atom. The van der Waals surface area contributed by atoms with Crippen LogP contribution in [0.25, 0.3) is 0 Å². The van der Waals surface area contributed by atoms with Gasteiger partial charge < -0.3 is 10.6 Å². The summed E-state index contributed by atoms with van der Waals surface area (Å²) in [5.41, 5.74) is 0.340. The zero-order valence-corrected chi connectivity index (χ0v) is 14.9. The van der Waals surface area contributed by atoms with Crippen LogP contribution in [0.2, 0.25) is 0 Å². The minimum Gasteiger partial charge on any atom is -0.322 e. The van der Waals surface area contributed by atoms with Gasteiger partial charge in [0.2, 0.25) is 0 Å². The van der Waals surface area contributed by atoms with Crippen LogP contribution in [0, 0.1) is 20.2 Å². The van der Waals surface area contributed by atoms with Crippen LogP contribution in [0.4, 0.5) is 17.1 Å². The molecular formula is C17H16N4O5S. The zero-order chi connectivity index (χ0) is 19.4. The van der Waals surface area contributed by atoms with E-state index in [4.69, 9.17) is 0 Å². The number of nitrogens with zero attached hydrogens (tertiary/aromatic N) is 2. The van der Waals surface area contributed by atoms with E-state index in [1.165, 1.54) is 6.07 Å². The van der Waals surface area contributed by atoms with Gasteiger partial charge in [-0.2, -0.15) is 11.8 Å². The van der Waals surface area contributed by atoms with E-state index in [9.17, 15) is 25.0 Å². The average molecular weight is 388 g/mol. The van der Waals surface area contributed by atoms with Crippen LogP contribution < -0.4 is 10.6 Å². The Balaban J connectivity index is 1.74. The van der Waals surface area contributed by atoms with Gasteiger partial charge in [0.05, 0.1) is 9.85 Å². The van der Waals surface area contributed by atoms with E-state index < -0.39 is 27.1 Å². The Labute approximate surface area is 158 Å². The molecule has 1 saturated heterocycles. The Kier molecular flexibility index (Phi) is 5.67. The first-order chi connectivity index (χ1) is 13.0. The topological polar surface area (TPSA) is 127 Å². The van der Waals surface area contributed by atoms with Crippen molar-refractivity contribution in [3.63, 3.8) is 0 Å². The van der Waals surface area contributed by atoms with Crippen LogP contribution in [0.15, 0.2) is 42.5 Å². The zero-order valence-electron chi connectivity index (χ0n) is 14.1. The molecule has 0 saturated carbocycles. The molecule has 1 unspecified atom stereocenters. The van der Waals surface area contributed by atoms with E-state index >= 15 is 0 Å². The number of amides is 1. The molecule has 2 aromatic carbocycles. The maximum absolute atomic E-state index is 12.4. The van der Waals surface area contributed by atoms with Gasteiger partial charge in [0, 0.05) is 47.5 Å². The van der Waals surface area contributed by atoms with Crippen molar-refractivity contribution in [2.45, 2.75) is 5.25 Å². The number of nitro groups is 2. The summed E-state index contributed by atoms with van der Waals surface area (Å²) in [6.45, 7) is 1.87. The van der Waals surface area contributed by atoms with Crippen LogP contribution in [0.1, 0.15) is 21.2 Å². The number of benzene rings is 2. The number of nitro benzene ring substituents is 2. The van der Waals surface area contributed by atoms with Gasteiger partial charge in [0.1, 0.15) is 0 Å². The van der Waals surface area contributed by atoms with E-state index in [-0.39, 0.29) is 5.69 Å². The summed E-state index contributed by atoms with van der Waals surface area (Å²) in [5.74, 6) is 0.588. The van der Waals surface area contributed by atoms with Gasteiger partial charge in [0.15, 0.2) is 0 Å². The van der Waals surface area contributed by atoms with Gasteiger partial charge in [0.25, 0.3) is 5.91 Å². The van der Waals surface area contributed by atoms with Gasteiger partial charge in [-0.25, -0.2) is 0 Å². The molecule has 1 atom stereocenters. The third kappa shape index (κ3) is 4.41.